The van der Waals surface area contributed by atoms with Gasteiger partial charge < -0.3 is 10.2 Å². The molecule has 0 spiro atoms. The van der Waals surface area contributed by atoms with Gasteiger partial charge in [0.25, 0.3) is 0 Å². The van der Waals surface area contributed by atoms with Gasteiger partial charge >= 0.3 is 0 Å². The second-order valence-corrected chi connectivity index (χ2v) is 3.08. The molecule has 0 aliphatic carbocycles. The van der Waals surface area contributed by atoms with Crippen LogP contribution in [0.15, 0.2) is 12.2 Å². The highest BCUT2D eigenvalue weighted by Crippen LogP contribution is 1.84. The molecule has 0 unspecified atom stereocenters. The molecule has 80 valence electrons. The SMILES string of the molecule is C/C=C/CCNC(=O)CN(C)C(C)=O. The third-order valence-electron chi connectivity index (χ3n) is 1.79. The molecule has 0 fully saturated rings. The molecule has 0 aliphatic rings. The lowest BCUT2D eigenvalue weighted by Gasteiger charge is -2.13. The van der Waals surface area contributed by atoms with Crippen molar-refractivity contribution in [3.63, 3.8) is 0 Å². The maximum Gasteiger partial charge on any atom is 0.239 e. The Balaban J connectivity index is 3.60. The second-order valence-electron chi connectivity index (χ2n) is 3.08. The van der Waals surface area contributed by atoms with E-state index in [-0.39, 0.29) is 18.4 Å². The molecule has 4 heteroatoms. The average molecular weight is 198 g/mol. The summed E-state index contributed by atoms with van der Waals surface area (Å²) in [5, 5.41) is 2.72. The van der Waals surface area contributed by atoms with E-state index in [4.69, 9.17) is 0 Å². The number of rotatable bonds is 5. The van der Waals surface area contributed by atoms with Crippen LogP contribution in [0.4, 0.5) is 0 Å². The molecule has 0 aliphatic heterocycles. The van der Waals surface area contributed by atoms with Crippen LogP contribution in [0.5, 0.6) is 0 Å². The number of hydrogen-bond donors (Lipinski definition) is 1. The number of hydrogen-bond acceptors (Lipinski definition) is 2. The average Bonchev–Trinajstić information content (AvgIpc) is 2.12. The first-order valence-corrected chi connectivity index (χ1v) is 4.67. The van der Waals surface area contributed by atoms with E-state index in [1.54, 1.807) is 7.05 Å². The van der Waals surface area contributed by atoms with Crippen LogP contribution < -0.4 is 5.32 Å². The molecule has 0 saturated heterocycles. The molecule has 0 radical (unpaired) electrons. The molecular formula is C10H18N2O2. The summed E-state index contributed by atoms with van der Waals surface area (Å²) in [5.74, 6) is -0.221. The fourth-order valence-corrected chi connectivity index (χ4v) is 0.844. The Kier molecular flexibility index (Phi) is 6.45. The molecule has 0 aromatic carbocycles. The smallest absolute Gasteiger partial charge is 0.239 e. The molecule has 0 aromatic rings. The first kappa shape index (κ1) is 12.7. The number of likely N-dealkylation sites (N-methyl/N-ethyl adjacent to an activating group) is 1. The molecule has 14 heavy (non-hydrogen) atoms. The van der Waals surface area contributed by atoms with Crippen LogP contribution in [-0.4, -0.2) is 36.9 Å². The Morgan fingerprint density at radius 2 is 2.07 bits per heavy atom. The van der Waals surface area contributed by atoms with E-state index in [2.05, 4.69) is 5.32 Å². The van der Waals surface area contributed by atoms with Crippen molar-refractivity contribution in [3.8, 4) is 0 Å². The zero-order chi connectivity index (χ0) is 11.0. The van der Waals surface area contributed by atoms with Gasteiger partial charge in [0.2, 0.25) is 11.8 Å². The third-order valence-corrected chi connectivity index (χ3v) is 1.79. The highest BCUT2D eigenvalue weighted by atomic mass is 16.2. The summed E-state index contributed by atoms with van der Waals surface area (Å²) in [6, 6.07) is 0. The topological polar surface area (TPSA) is 49.4 Å². The van der Waals surface area contributed by atoms with E-state index in [0.717, 1.165) is 6.42 Å². The minimum atomic E-state index is -0.118. The Labute approximate surface area is 85.0 Å². The molecule has 0 bridgehead atoms. The van der Waals surface area contributed by atoms with E-state index in [9.17, 15) is 9.59 Å². The van der Waals surface area contributed by atoms with Crippen molar-refractivity contribution in [2.45, 2.75) is 20.3 Å². The van der Waals surface area contributed by atoms with Crippen LogP contribution in [0.1, 0.15) is 20.3 Å². The van der Waals surface area contributed by atoms with Crippen LogP contribution in [0.25, 0.3) is 0 Å². The van der Waals surface area contributed by atoms with E-state index in [1.807, 2.05) is 19.1 Å². The van der Waals surface area contributed by atoms with Gasteiger partial charge in [0.05, 0.1) is 6.54 Å². The highest BCUT2D eigenvalue weighted by molar-refractivity contribution is 5.83. The number of allylic oxidation sites excluding steroid dienone is 1. The quantitative estimate of drug-likeness (QED) is 0.518. The van der Waals surface area contributed by atoms with Gasteiger partial charge in [-0.1, -0.05) is 12.2 Å². The fraction of sp³-hybridized carbons (Fsp3) is 0.600. The van der Waals surface area contributed by atoms with Gasteiger partial charge in [-0.2, -0.15) is 0 Å². The summed E-state index contributed by atoms with van der Waals surface area (Å²) in [7, 11) is 1.61. The number of nitrogens with zero attached hydrogens (tertiary/aromatic N) is 1. The van der Waals surface area contributed by atoms with Crippen molar-refractivity contribution in [2.75, 3.05) is 20.1 Å². The highest BCUT2D eigenvalue weighted by Gasteiger charge is 2.07. The van der Waals surface area contributed by atoms with E-state index >= 15 is 0 Å². The second kappa shape index (κ2) is 7.12. The summed E-state index contributed by atoms with van der Waals surface area (Å²) in [6.45, 7) is 4.12. The van der Waals surface area contributed by atoms with Gasteiger partial charge in [0.1, 0.15) is 0 Å². The summed E-state index contributed by atoms with van der Waals surface area (Å²) in [6.07, 6.45) is 4.74. The maximum atomic E-state index is 11.2. The Hall–Kier alpha value is -1.32. The lowest BCUT2D eigenvalue weighted by Crippen LogP contribution is -2.37. The van der Waals surface area contributed by atoms with Gasteiger partial charge in [-0.25, -0.2) is 0 Å². The molecular weight excluding hydrogens is 180 g/mol. The van der Waals surface area contributed by atoms with Crippen LogP contribution in [-0.2, 0) is 9.59 Å². The zero-order valence-corrected chi connectivity index (χ0v) is 9.04. The summed E-state index contributed by atoms with van der Waals surface area (Å²) >= 11 is 0. The molecule has 2 amide bonds. The maximum absolute atomic E-state index is 11.2. The van der Waals surface area contributed by atoms with Crippen molar-refractivity contribution in [2.24, 2.45) is 0 Å². The predicted octanol–water partition coefficient (Wildman–Crippen LogP) is 0.547. The molecule has 0 saturated carbocycles. The molecule has 4 nitrogen and oxygen atoms in total. The van der Waals surface area contributed by atoms with Crippen molar-refractivity contribution in [1.29, 1.82) is 0 Å². The molecule has 0 rings (SSSR count). The van der Waals surface area contributed by atoms with Gasteiger partial charge in [0.15, 0.2) is 0 Å². The van der Waals surface area contributed by atoms with Crippen molar-refractivity contribution in [1.82, 2.24) is 10.2 Å². The van der Waals surface area contributed by atoms with Crippen LogP contribution in [0, 0.1) is 0 Å². The van der Waals surface area contributed by atoms with E-state index in [1.165, 1.54) is 11.8 Å². The monoisotopic (exact) mass is 198 g/mol. The first-order valence-electron chi connectivity index (χ1n) is 4.67. The molecule has 0 atom stereocenters. The van der Waals surface area contributed by atoms with E-state index < -0.39 is 0 Å². The first-order chi connectivity index (χ1) is 6.57. The molecule has 1 N–H and O–H groups in total. The van der Waals surface area contributed by atoms with Crippen LogP contribution in [0.3, 0.4) is 0 Å². The van der Waals surface area contributed by atoms with Crippen molar-refractivity contribution < 1.29 is 9.59 Å². The summed E-state index contributed by atoms with van der Waals surface area (Å²) in [5.41, 5.74) is 0. The third kappa shape index (κ3) is 6.22. The van der Waals surface area contributed by atoms with Crippen LogP contribution in [0.2, 0.25) is 0 Å². The van der Waals surface area contributed by atoms with E-state index in [0.29, 0.717) is 6.54 Å². The summed E-state index contributed by atoms with van der Waals surface area (Å²) < 4.78 is 0. The van der Waals surface area contributed by atoms with Crippen molar-refractivity contribution >= 4 is 11.8 Å². The fourth-order valence-electron chi connectivity index (χ4n) is 0.844. The zero-order valence-electron chi connectivity index (χ0n) is 9.04. The molecule has 0 heterocycles. The Morgan fingerprint density at radius 3 is 2.57 bits per heavy atom. The largest absolute Gasteiger partial charge is 0.354 e. The Bertz CT molecular complexity index is 224. The van der Waals surface area contributed by atoms with Gasteiger partial charge in [-0.15, -0.1) is 0 Å². The molecule has 0 aromatic heterocycles. The minimum Gasteiger partial charge on any atom is -0.354 e. The number of carbonyl (C=O) groups excluding carboxylic acids is 2. The van der Waals surface area contributed by atoms with Gasteiger partial charge in [-0.3, -0.25) is 9.59 Å². The number of amides is 2. The van der Waals surface area contributed by atoms with Crippen molar-refractivity contribution in [3.05, 3.63) is 12.2 Å². The normalized spacial score (nSPS) is 10.2. The van der Waals surface area contributed by atoms with Gasteiger partial charge in [-0.05, 0) is 13.3 Å². The predicted molar refractivity (Wildman–Crippen MR) is 55.8 cm³/mol. The lowest BCUT2D eigenvalue weighted by molar-refractivity contribution is -0.133. The standard InChI is InChI=1S/C10H18N2O2/c1-4-5-6-7-11-10(14)8-12(3)9(2)13/h4-5H,6-8H2,1-3H3,(H,11,14)/b5-4+. The Morgan fingerprint density at radius 1 is 1.43 bits per heavy atom. The van der Waals surface area contributed by atoms with Crippen LogP contribution >= 0.6 is 0 Å². The lowest BCUT2D eigenvalue weighted by atomic mass is 10.4. The van der Waals surface area contributed by atoms with Gasteiger partial charge in [0, 0.05) is 20.5 Å². The minimum absolute atomic E-state index is 0.103. The summed E-state index contributed by atoms with van der Waals surface area (Å²) in [4.78, 5) is 23.4. The number of nitrogens with one attached hydrogen (secondary N) is 1. The number of carbonyl (C=O) groups is 2.